The van der Waals surface area contributed by atoms with E-state index in [0.29, 0.717) is 11.3 Å². The third-order valence-electron chi connectivity index (χ3n) is 3.46. The monoisotopic (exact) mass is 280 g/mol. The van der Waals surface area contributed by atoms with E-state index in [0.717, 1.165) is 24.5 Å². The Hall–Kier alpha value is -2.67. The van der Waals surface area contributed by atoms with Crippen LogP contribution in [0.3, 0.4) is 0 Å². The summed E-state index contributed by atoms with van der Waals surface area (Å²) in [6.45, 7) is 6.26. The van der Waals surface area contributed by atoms with Gasteiger partial charge in [0.2, 0.25) is 0 Å². The number of rotatable bonds is 5. The molecular formula is C17H20N4. The van der Waals surface area contributed by atoms with Crippen LogP contribution >= 0.6 is 0 Å². The molecule has 0 fully saturated rings. The van der Waals surface area contributed by atoms with Crippen LogP contribution in [0.5, 0.6) is 0 Å². The Kier molecular flexibility index (Phi) is 4.68. The van der Waals surface area contributed by atoms with Crippen molar-refractivity contribution >= 4 is 22.7 Å². The normalized spacial score (nSPS) is 9.95. The van der Waals surface area contributed by atoms with E-state index >= 15 is 0 Å². The van der Waals surface area contributed by atoms with Gasteiger partial charge in [0.1, 0.15) is 0 Å². The molecule has 0 spiro atoms. The quantitative estimate of drug-likeness (QED) is 0.819. The Bertz CT molecular complexity index is 637. The van der Waals surface area contributed by atoms with E-state index in [2.05, 4.69) is 42.3 Å². The number of nitrogens with one attached hydrogen (secondary N) is 1. The number of anilines is 4. The average Bonchev–Trinajstić information content (AvgIpc) is 2.52. The highest BCUT2D eigenvalue weighted by Crippen LogP contribution is 2.25. The summed E-state index contributed by atoms with van der Waals surface area (Å²) in [5.74, 6) is 0. The summed E-state index contributed by atoms with van der Waals surface area (Å²) < 4.78 is 0. The molecule has 0 aromatic heterocycles. The zero-order chi connectivity index (χ0) is 15.2. The summed E-state index contributed by atoms with van der Waals surface area (Å²) >= 11 is 0. The summed E-state index contributed by atoms with van der Waals surface area (Å²) in [4.78, 5) is 2.29. The minimum atomic E-state index is 0.589. The van der Waals surface area contributed by atoms with Crippen LogP contribution in [0.1, 0.15) is 19.4 Å². The van der Waals surface area contributed by atoms with Gasteiger partial charge in [0.25, 0.3) is 0 Å². The number of nitriles is 1. The first-order valence-electron chi connectivity index (χ1n) is 7.09. The zero-order valence-corrected chi connectivity index (χ0v) is 12.4. The van der Waals surface area contributed by atoms with Crippen LogP contribution < -0.4 is 16.0 Å². The van der Waals surface area contributed by atoms with E-state index in [4.69, 9.17) is 11.0 Å². The van der Waals surface area contributed by atoms with Crippen molar-refractivity contribution in [3.8, 4) is 6.07 Å². The number of nitrogen functional groups attached to an aromatic ring is 1. The van der Waals surface area contributed by atoms with Crippen molar-refractivity contribution in [3.05, 3.63) is 48.0 Å². The van der Waals surface area contributed by atoms with Gasteiger partial charge in [0.15, 0.2) is 0 Å². The van der Waals surface area contributed by atoms with Crippen molar-refractivity contribution < 1.29 is 0 Å². The molecule has 0 saturated heterocycles. The van der Waals surface area contributed by atoms with Crippen LogP contribution in [0.25, 0.3) is 0 Å². The Labute approximate surface area is 125 Å². The van der Waals surface area contributed by atoms with Crippen molar-refractivity contribution in [2.75, 3.05) is 29.0 Å². The summed E-state index contributed by atoms with van der Waals surface area (Å²) in [5.41, 5.74) is 10.1. The second-order valence-electron chi connectivity index (χ2n) is 4.76. The molecule has 21 heavy (non-hydrogen) atoms. The molecule has 0 bridgehead atoms. The van der Waals surface area contributed by atoms with Gasteiger partial charge in [-0.1, -0.05) is 0 Å². The lowest BCUT2D eigenvalue weighted by molar-refractivity contribution is 0.866. The fourth-order valence-electron chi connectivity index (χ4n) is 2.23. The lowest BCUT2D eigenvalue weighted by atomic mass is 10.1. The SMILES string of the molecule is CCN(CC)c1ccc(Nc2cc(C#N)ccc2N)cc1. The number of hydrogen-bond acceptors (Lipinski definition) is 4. The molecule has 4 heteroatoms. The second kappa shape index (κ2) is 6.67. The molecule has 2 aromatic carbocycles. The van der Waals surface area contributed by atoms with E-state index in [9.17, 15) is 0 Å². The molecule has 2 aromatic rings. The third-order valence-corrected chi connectivity index (χ3v) is 3.46. The smallest absolute Gasteiger partial charge is 0.0992 e. The van der Waals surface area contributed by atoms with Gasteiger partial charge < -0.3 is 16.0 Å². The Morgan fingerprint density at radius 3 is 2.33 bits per heavy atom. The Morgan fingerprint density at radius 1 is 1.10 bits per heavy atom. The van der Waals surface area contributed by atoms with Crippen LogP contribution in [0, 0.1) is 11.3 Å². The van der Waals surface area contributed by atoms with Gasteiger partial charge in [-0.2, -0.15) is 5.26 Å². The second-order valence-corrected chi connectivity index (χ2v) is 4.76. The lowest BCUT2D eigenvalue weighted by Crippen LogP contribution is -2.21. The molecule has 0 aliphatic rings. The minimum Gasteiger partial charge on any atom is -0.397 e. The van der Waals surface area contributed by atoms with Crippen molar-refractivity contribution in [1.82, 2.24) is 0 Å². The molecule has 0 heterocycles. The maximum Gasteiger partial charge on any atom is 0.0992 e. The number of nitrogens with zero attached hydrogens (tertiary/aromatic N) is 2. The van der Waals surface area contributed by atoms with Gasteiger partial charge in [0.05, 0.1) is 23.0 Å². The highest BCUT2D eigenvalue weighted by molar-refractivity contribution is 5.74. The van der Waals surface area contributed by atoms with Gasteiger partial charge >= 0.3 is 0 Å². The van der Waals surface area contributed by atoms with Crippen molar-refractivity contribution in [2.24, 2.45) is 0 Å². The molecule has 0 saturated carbocycles. The largest absolute Gasteiger partial charge is 0.397 e. The third kappa shape index (κ3) is 3.46. The summed E-state index contributed by atoms with van der Waals surface area (Å²) in [6.07, 6.45) is 0. The van der Waals surface area contributed by atoms with Crippen molar-refractivity contribution in [2.45, 2.75) is 13.8 Å². The standard InChI is InChI=1S/C17H20N4/c1-3-21(4-2)15-8-6-14(7-9-15)20-17-11-13(12-18)5-10-16(17)19/h5-11,20H,3-4,19H2,1-2H3. The number of nitrogens with two attached hydrogens (primary N) is 1. The zero-order valence-electron chi connectivity index (χ0n) is 12.4. The maximum absolute atomic E-state index is 8.95. The van der Waals surface area contributed by atoms with E-state index < -0.39 is 0 Å². The summed E-state index contributed by atoms with van der Waals surface area (Å²) in [6, 6.07) is 15.5. The van der Waals surface area contributed by atoms with E-state index in [1.807, 2.05) is 12.1 Å². The highest BCUT2D eigenvalue weighted by Gasteiger charge is 2.04. The van der Waals surface area contributed by atoms with Crippen LogP contribution in [-0.2, 0) is 0 Å². The molecule has 4 nitrogen and oxygen atoms in total. The van der Waals surface area contributed by atoms with Crippen molar-refractivity contribution in [1.29, 1.82) is 5.26 Å². The van der Waals surface area contributed by atoms with Gasteiger partial charge in [0, 0.05) is 24.5 Å². The van der Waals surface area contributed by atoms with Crippen LogP contribution in [-0.4, -0.2) is 13.1 Å². The topological polar surface area (TPSA) is 65.1 Å². The fraction of sp³-hybridized carbons (Fsp3) is 0.235. The van der Waals surface area contributed by atoms with Crippen LogP contribution in [0.4, 0.5) is 22.7 Å². The molecule has 2 rings (SSSR count). The summed E-state index contributed by atoms with van der Waals surface area (Å²) in [5, 5.41) is 12.2. The molecule has 3 N–H and O–H groups in total. The molecular weight excluding hydrogens is 260 g/mol. The van der Waals surface area contributed by atoms with E-state index in [1.54, 1.807) is 18.2 Å². The summed E-state index contributed by atoms with van der Waals surface area (Å²) in [7, 11) is 0. The fourth-order valence-corrected chi connectivity index (χ4v) is 2.23. The Morgan fingerprint density at radius 2 is 1.76 bits per heavy atom. The predicted octanol–water partition coefficient (Wildman–Crippen LogP) is 3.73. The molecule has 0 unspecified atom stereocenters. The van der Waals surface area contributed by atoms with Gasteiger partial charge in [-0.3, -0.25) is 0 Å². The van der Waals surface area contributed by atoms with E-state index in [1.165, 1.54) is 5.69 Å². The van der Waals surface area contributed by atoms with Gasteiger partial charge in [-0.05, 0) is 56.3 Å². The minimum absolute atomic E-state index is 0.589. The highest BCUT2D eigenvalue weighted by atomic mass is 15.1. The maximum atomic E-state index is 8.95. The van der Waals surface area contributed by atoms with Crippen LogP contribution in [0.2, 0.25) is 0 Å². The van der Waals surface area contributed by atoms with Crippen LogP contribution in [0.15, 0.2) is 42.5 Å². The number of hydrogen-bond donors (Lipinski definition) is 2. The first-order chi connectivity index (χ1) is 10.2. The molecule has 0 aliphatic carbocycles. The van der Waals surface area contributed by atoms with Crippen molar-refractivity contribution in [3.63, 3.8) is 0 Å². The Balaban J connectivity index is 2.19. The molecule has 0 aliphatic heterocycles. The molecule has 0 atom stereocenters. The first-order valence-corrected chi connectivity index (χ1v) is 7.09. The average molecular weight is 280 g/mol. The first kappa shape index (κ1) is 14.7. The number of benzene rings is 2. The molecule has 0 radical (unpaired) electrons. The lowest BCUT2D eigenvalue weighted by Gasteiger charge is -2.21. The molecule has 0 amide bonds. The van der Waals surface area contributed by atoms with Gasteiger partial charge in [-0.15, -0.1) is 0 Å². The van der Waals surface area contributed by atoms with E-state index in [-0.39, 0.29) is 0 Å². The van der Waals surface area contributed by atoms with Gasteiger partial charge in [-0.25, -0.2) is 0 Å². The predicted molar refractivity (Wildman–Crippen MR) is 88.9 cm³/mol. The molecule has 108 valence electrons.